The molecule has 0 aromatic carbocycles. The zero-order chi connectivity index (χ0) is 7.45. The van der Waals surface area contributed by atoms with Gasteiger partial charge >= 0.3 is 0 Å². The highest BCUT2D eigenvalue weighted by molar-refractivity contribution is 5.66. The lowest BCUT2D eigenvalue weighted by atomic mass is 9.49. The molecular weight excluding hydrogens is 144 g/mol. The summed E-state index contributed by atoms with van der Waals surface area (Å²) in [7, 11) is 0. The first-order valence-electron chi connectivity index (χ1n) is 5.18. The van der Waals surface area contributed by atoms with Gasteiger partial charge in [-0.3, -0.25) is 0 Å². The van der Waals surface area contributed by atoms with E-state index in [4.69, 9.17) is 0 Å². The van der Waals surface area contributed by atoms with Gasteiger partial charge in [-0.25, -0.2) is 0 Å². The van der Waals surface area contributed by atoms with Crippen molar-refractivity contribution in [3.63, 3.8) is 0 Å². The highest BCUT2D eigenvalue weighted by Gasteiger charge is 2.51. The number of hydrogen-bond acceptors (Lipinski definition) is 0. The van der Waals surface area contributed by atoms with Crippen LogP contribution < -0.4 is 0 Å². The van der Waals surface area contributed by atoms with E-state index < -0.39 is 0 Å². The second kappa shape index (κ2) is 1.17. The molecule has 0 spiro atoms. The van der Waals surface area contributed by atoms with E-state index in [0.717, 1.165) is 11.8 Å². The third kappa shape index (κ3) is 0.257. The summed E-state index contributed by atoms with van der Waals surface area (Å²) in [5, 5.41) is 3.54. The normalized spacial score (nSPS) is 35.0. The molecule has 0 aromatic heterocycles. The Morgan fingerprint density at radius 2 is 1.25 bits per heavy atom. The summed E-state index contributed by atoms with van der Waals surface area (Å²) in [6, 6.07) is 0. The van der Waals surface area contributed by atoms with Crippen LogP contribution in [-0.2, 0) is 12.8 Å². The third-order valence-electron chi connectivity index (χ3n) is 4.69. The molecule has 0 aromatic rings. The Labute approximate surface area is 70.9 Å². The third-order valence-corrected chi connectivity index (χ3v) is 4.69. The first-order valence-corrected chi connectivity index (χ1v) is 5.18. The zero-order valence-electron chi connectivity index (χ0n) is 6.98. The van der Waals surface area contributed by atoms with Crippen LogP contribution in [-0.4, -0.2) is 0 Å². The van der Waals surface area contributed by atoms with Crippen LogP contribution in [0.15, 0.2) is 0 Å². The fraction of sp³-hybridized carbons (Fsp3) is 0.500. The van der Waals surface area contributed by atoms with Gasteiger partial charge in [-0.1, -0.05) is 0 Å². The molecule has 1 saturated carbocycles. The van der Waals surface area contributed by atoms with Crippen LogP contribution in [0.3, 0.4) is 0 Å². The fourth-order valence-electron chi connectivity index (χ4n) is 3.83. The molecule has 1 fully saturated rings. The van der Waals surface area contributed by atoms with Gasteiger partial charge in [0.2, 0.25) is 0 Å². The summed E-state index contributed by atoms with van der Waals surface area (Å²) in [6.45, 7) is 0. The van der Waals surface area contributed by atoms with E-state index in [1.165, 1.54) is 25.7 Å². The summed E-state index contributed by atoms with van der Waals surface area (Å²) >= 11 is 0. The predicted molar refractivity (Wildman–Crippen MR) is 46.2 cm³/mol. The molecule has 2 atom stereocenters. The molecule has 5 rings (SSSR count). The lowest BCUT2D eigenvalue weighted by Crippen LogP contribution is -2.41. The Morgan fingerprint density at radius 1 is 0.750 bits per heavy atom. The summed E-state index contributed by atoms with van der Waals surface area (Å²) in [6.07, 6.45) is 5.82. The summed E-state index contributed by atoms with van der Waals surface area (Å²) < 4.78 is 0. The first-order chi connectivity index (χ1) is 5.97. The van der Waals surface area contributed by atoms with E-state index in [2.05, 4.69) is 0 Å². The highest BCUT2D eigenvalue weighted by Crippen LogP contribution is 2.65. The Kier molecular flexibility index (Phi) is 0.494. The van der Waals surface area contributed by atoms with Gasteiger partial charge in [-0.05, 0) is 70.2 Å². The van der Waals surface area contributed by atoms with Crippen molar-refractivity contribution in [2.75, 3.05) is 0 Å². The van der Waals surface area contributed by atoms with Crippen LogP contribution in [0.5, 0.6) is 0 Å². The number of fused-ring (bicyclic) bond motifs is 9. The Balaban J connectivity index is 1.98. The van der Waals surface area contributed by atoms with Gasteiger partial charge in [0.05, 0.1) is 0 Å². The Hall–Kier alpha value is -0.780. The Bertz CT molecular complexity index is 487. The van der Waals surface area contributed by atoms with Crippen molar-refractivity contribution in [3.8, 4) is 0 Å². The molecule has 0 radical (unpaired) electrons. The smallest absolute Gasteiger partial charge is 0.00832 e. The second-order valence-electron chi connectivity index (χ2n) is 4.82. The molecule has 0 amide bonds. The molecule has 0 saturated heterocycles. The van der Waals surface area contributed by atoms with E-state index in [1.807, 2.05) is 11.1 Å². The van der Waals surface area contributed by atoms with Crippen molar-refractivity contribution in [2.45, 2.75) is 37.5 Å². The van der Waals surface area contributed by atoms with E-state index in [1.54, 1.807) is 21.6 Å². The van der Waals surface area contributed by atoms with Gasteiger partial charge in [-0.2, -0.15) is 0 Å². The average Bonchev–Trinajstić information content (AvgIpc) is 1.99. The van der Waals surface area contributed by atoms with Crippen LogP contribution in [0, 0.1) is 10.4 Å². The minimum Gasteiger partial charge on any atom is -0.0451 e. The van der Waals surface area contributed by atoms with Crippen molar-refractivity contribution in [2.24, 2.45) is 0 Å². The maximum atomic E-state index is 1.83. The van der Waals surface area contributed by atoms with Crippen molar-refractivity contribution in [1.29, 1.82) is 0 Å². The van der Waals surface area contributed by atoms with Crippen LogP contribution in [0.2, 0.25) is 0 Å². The van der Waals surface area contributed by atoms with Crippen molar-refractivity contribution < 1.29 is 0 Å². The van der Waals surface area contributed by atoms with E-state index in [-0.39, 0.29) is 0 Å². The number of rotatable bonds is 0. The molecule has 0 heterocycles. The van der Waals surface area contributed by atoms with Crippen molar-refractivity contribution in [3.05, 3.63) is 32.7 Å². The average molecular weight is 154 g/mol. The van der Waals surface area contributed by atoms with E-state index in [9.17, 15) is 0 Å². The molecule has 0 N–H and O–H groups in total. The van der Waals surface area contributed by atoms with Gasteiger partial charge < -0.3 is 0 Å². The predicted octanol–water partition coefficient (Wildman–Crippen LogP) is 2.36. The lowest BCUT2D eigenvalue weighted by molar-refractivity contribution is 0.280. The van der Waals surface area contributed by atoms with Crippen LogP contribution in [0.1, 0.15) is 46.9 Å². The molecule has 5 aliphatic carbocycles. The standard InChI is InChI=1S/C12H10/c1-2-6-5(1)9-10(6)12-8-4-3-7(8)11(9)12/h5-6H,1-4H2. The molecule has 0 bridgehead atoms. The first kappa shape index (κ1) is 5.06. The Morgan fingerprint density at radius 3 is 1.58 bits per heavy atom. The maximum Gasteiger partial charge on any atom is -0.00832 e. The molecule has 0 nitrogen and oxygen atoms in total. The molecular formula is C12H10. The SMILES string of the molecule is C1Cc2c1c1c3c(c2=1)C1CCC31. The zero-order valence-corrected chi connectivity index (χ0v) is 6.98. The number of hydrogen-bond donors (Lipinski definition) is 0. The van der Waals surface area contributed by atoms with Gasteiger partial charge in [0.1, 0.15) is 0 Å². The quantitative estimate of drug-likeness (QED) is 0.546. The van der Waals surface area contributed by atoms with Crippen molar-refractivity contribution in [1.82, 2.24) is 0 Å². The van der Waals surface area contributed by atoms with Crippen LogP contribution >= 0.6 is 0 Å². The second-order valence-corrected chi connectivity index (χ2v) is 4.82. The lowest BCUT2D eigenvalue weighted by Gasteiger charge is -2.55. The molecule has 58 valence electrons. The minimum absolute atomic E-state index is 1.05. The maximum absolute atomic E-state index is 1.83. The van der Waals surface area contributed by atoms with Crippen LogP contribution in [0.4, 0.5) is 0 Å². The largest absolute Gasteiger partial charge is 0.0451 e. The monoisotopic (exact) mass is 154 g/mol. The fourth-order valence-corrected chi connectivity index (χ4v) is 3.83. The molecule has 2 unspecified atom stereocenters. The van der Waals surface area contributed by atoms with Gasteiger partial charge in [-0.15, -0.1) is 0 Å². The summed E-state index contributed by atoms with van der Waals surface area (Å²) in [5.41, 5.74) is 7.21. The van der Waals surface area contributed by atoms with Gasteiger partial charge in [0, 0.05) is 0 Å². The minimum atomic E-state index is 1.05. The molecule has 5 aliphatic rings. The van der Waals surface area contributed by atoms with Crippen LogP contribution in [0.25, 0.3) is 0 Å². The summed E-state index contributed by atoms with van der Waals surface area (Å²) in [5.74, 6) is 2.10. The van der Waals surface area contributed by atoms with Gasteiger partial charge in [0.25, 0.3) is 0 Å². The number of benzene rings is 1. The summed E-state index contributed by atoms with van der Waals surface area (Å²) in [4.78, 5) is 0. The topological polar surface area (TPSA) is 0 Å². The van der Waals surface area contributed by atoms with E-state index in [0.29, 0.717) is 0 Å². The molecule has 0 heteroatoms. The molecule has 0 aliphatic heterocycles. The van der Waals surface area contributed by atoms with E-state index >= 15 is 0 Å². The van der Waals surface area contributed by atoms with Crippen molar-refractivity contribution >= 4 is 0 Å². The van der Waals surface area contributed by atoms with Gasteiger partial charge in [0.15, 0.2) is 0 Å². The highest BCUT2D eigenvalue weighted by atomic mass is 14.5. The molecule has 12 heavy (non-hydrogen) atoms.